The Bertz CT molecular complexity index is 319. The van der Waals surface area contributed by atoms with E-state index in [1.54, 1.807) is 0 Å². The number of alkyl halides is 2. The van der Waals surface area contributed by atoms with Gasteiger partial charge < -0.3 is 4.74 Å². The lowest BCUT2D eigenvalue weighted by atomic mass is 10.2. The highest BCUT2D eigenvalue weighted by Crippen LogP contribution is 2.35. The molecule has 0 aliphatic carbocycles. The zero-order valence-corrected chi connectivity index (χ0v) is 8.11. The maximum Gasteiger partial charge on any atom is 0.268 e. The summed E-state index contributed by atoms with van der Waals surface area (Å²) in [6.07, 6.45) is -1.98. The first-order valence-corrected chi connectivity index (χ1v) is 4.03. The van der Waals surface area contributed by atoms with Crippen molar-refractivity contribution in [1.82, 2.24) is 4.98 Å². The molecule has 0 amide bonds. The van der Waals surface area contributed by atoms with Crippen molar-refractivity contribution in [2.24, 2.45) is 0 Å². The molecular formula is C7H5BrF3NO. The van der Waals surface area contributed by atoms with Crippen LogP contribution in [-0.4, -0.2) is 12.1 Å². The summed E-state index contributed by atoms with van der Waals surface area (Å²) >= 11 is 2.76. The fourth-order valence-electron chi connectivity index (χ4n) is 0.825. The van der Waals surface area contributed by atoms with Crippen LogP contribution in [-0.2, 0) is 0 Å². The van der Waals surface area contributed by atoms with Gasteiger partial charge in [0.15, 0.2) is 0 Å². The lowest BCUT2D eigenvalue weighted by Gasteiger charge is -2.08. The second kappa shape index (κ2) is 3.95. The number of rotatable bonds is 2. The molecule has 1 heterocycles. The molecule has 13 heavy (non-hydrogen) atoms. The third kappa shape index (κ3) is 1.93. The summed E-state index contributed by atoms with van der Waals surface area (Å²) in [5, 5.41) is 0. The summed E-state index contributed by atoms with van der Waals surface area (Å²) in [4.78, 5) is 3.13. The van der Waals surface area contributed by atoms with Crippen LogP contribution in [0.25, 0.3) is 0 Å². The maximum atomic E-state index is 12.7. The minimum Gasteiger partial charge on any atom is -0.495 e. The van der Waals surface area contributed by atoms with Crippen molar-refractivity contribution in [3.8, 4) is 5.75 Å². The molecule has 0 atom stereocenters. The van der Waals surface area contributed by atoms with Gasteiger partial charge in [0.1, 0.15) is 10.2 Å². The molecule has 0 N–H and O–H groups in total. The standard InChI is InChI=1S/C7H5BrF3NO/c1-13-5-3(6(9)10)2-12-7(11)4(5)8/h2,6H,1H3. The third-order valence-corrected chi connectivity index (χ3v) is 2.09. The van der Waals surface area contributed by atoms with Crippen molar-refractivity contribution in [2.75, 3.05) is 7.11 Å². The van der Waals surface area contributed by atoms with E-state index < -0.39 is 17.9 Å². The van der Waals surface area contributed by atoms with Gasteiger partial charge in [0.2, 0.25) is 5.95 Å². The molecule has 0 fully saturated rings. The molecule has 0 unspecified atom stereocenters. The molecule has 0 aromatic carbocycles. The molecule has 0 saturated heterocycles. The number of ether oxygens (including phenoxy) is 1. The summed E-state index contributed by atoms with van der Waals surface area (Å²) in [7, 11) is 1.19. The van der Waals surface area contributed by atoms with Crippen LogP contribution in [0.3, 0.4) is 0 Å². The van der Waals surface area contributed by atoms with Gasteiger partial charge in [0, 0.05) is 6.20 Å². The smallest absolute Gasteiger partial charge is 0.268 e. The average molecular weight is 256 g/mol. The van der Waals surface area contributed by atoms with Crippen LogP contribution in [0, 0.1) is 5.95 Å². The van der Waals surface area contributed by atoms with Crippen molar-refractivity contribution in [3.05, 3.63) is 22.2 Å². The highest BCUT2D eigenvalue weighted by atomic mass is 79.9. The van der Waals surface area contributed by atoms with Crippen LogP contribution in [0.5, 0.6) is 5.75 Å². The quantitative estimate of drug-likeness (QED) is 0.759. The van der Waals surface area contributed by atoms with Crippen LogP contribution in [0.4, 0.5) is 13.2 Å². The van der Waals surface area contributed by atoms with Crippen molar-refractivity contribution >= 4 is 15.9 Å². The molecule has 6 heteroatoms. The molecule has 0 aliphatic heterocycles. The Morgan fingerprint density at radius 3 is 2.62 bits per heavy atom. The number of pyridine rings is 1. The summed E-state index contributed by atoms with van der Waals surface area (Å²) in [6.45, 7) is 0. The number of hydrogen-bond acceptors (Lipinski definition) is 2. The number of nitrogens with zero attached hydrogens (tertiary/aromatic N) is 1. The van der Waals surface area contributed by atoms with E-state index in [4.69, 9.17) is 0 Å². The first kappa shape index (κ1) is 10.3. The van der Waals surface area contributed by atoms with E-state index in [2.05, 4.69) is 25.7 Å². The Balaban J connectivity index is 3.30. The van der Waals surface area contributed by atoms with Gasteiger partial charge >= 0.3 is 0 Å². The van der Waals surface area contributed by atoms with Crippen molar-refractivity contribution in [3.63, 3.8) is 0 Å². The van der Waals surface area contributed by atoms with E-state index in [0.29, 0.717) is 0 Å². The normalized spacial score (nSPS) is 10.6. The van der Waals surface area contributed by atoms with Gasteiger partial charge in [0.05, 0.1) is 12.7 Å². The highest BCUT2D eigenvalue weighted by molar-refractivity contribution is 9.10. The second-order valence-electron chi connectivity index (χ2n) is 2.15. The van der Waals surface area contributed by atoms with Crippen molar-refractivity contribution < 1.29 is 17.9 Å². The SMILES string of the molecule is COc1c(C(F)F)cnc(F)c1Br. The van der Waals surface area contributed by atoms with Crippen LogP contribution in [0.2, 0.25) is 0 Å². The van der Waals surface area contributed by atoms with E-state index in [-0.39, 0.29) is 10.2 Å². The number of aromatic nitrogens is 1. The monoisotopic (exact) mass is 255 g/mol. The zero-order chi connectivity index (χ0) is 10.0. The highest BCUT2D eigenvalue weighted by Gasteiger charge is 2.19. The Morgan fingerprint density at radius 2 is 2.15 bits per heavy atom. The van der Waals surface area contributed by atoms with Gasteiger partial charge in [-0.05, 0) is 15.9 Å². The Kier molecular flexibility index (Phi) is 3.13. The molecule has 0 saturated carbocycles. The lowest BCUT2D eigenvalue weighted by Crippen LogP contribution is -1.97. The van der Waals surface area contributed by atoms with E-state index in [1.165, 1.54) is 7.11 Å². The van der Waals surface area contributed by atoms with Crippen LogP contribution in [0.1, 0.15) is 12.0 Å². The van der Waals surface area contributed by atoms with Crippen LogP contribution < -0.4 is 4.74 Å². The van der Waals surface area contributed by atoms with E-state index in [9.17, 15) is 13.2 Å². The van der Waals surface area contributed by atoms with Crippen molar-refractivity contribution in [2.45, 2.75) is 6.43 Å². The summed E-state index contributed by atoms with van der Waals surface area (Å²) < 4.78 is 41.7. The predicted octanol–water partition coefficient (Wildman–Crippen LogP) is 2.93. The molecule has 1 aromatic rings. The van der Waals surface area contributed by atoms with Gasteiger partial charge in [-0.25, -0.2) is 13.8 Å². The number of halogens is 4. The second-order valence-corrected chi connectivity index (χ2v) is 2.95. The fourth-order valence-corrected chi connectivity index (χ4v) is 1.32. The summed E-state index contributed by atoms with van der Waals surface area (Å²) in [6, 6.07) is 0. The van der Waals surface area contributed by atoms with Gasteiger partial charge in [-0.2, -0.15) is 4.39 Å². The minimum absolute atomic E-state index is 0.187. The molecule has 0 aliphatic rings. The number of hydrogen-bond donors (Lipinski definition) is 0. The molecule has 0 spiro atoms. The summed E-state index contributed by atoms with van der Waals surface area (Å²) in [5.74, 6) is -1.09. The molecular weight excluding hydrogens is 251 g/mol. The van der Waals surface area contributed by atoms with E-state index in [0.717, 1.165) is 6.20 Å². The first-order valence-electron chi connectivity index (χ1n) is 3.24. The fraction of sp³-hybridized carbons (Fsp3) is 0.286. The van der Waals surface area contributed by atoms with Gasteiger partial charge in [-0.15, -0.1) is 0 Å². The summed E-state index contributed by atoms with van der Waals surface area (Å²) in [5.41, 5.74) is -0.434. The van der Waals surface area contributed by atoms with Gasteiger partial charge in [-0.1, -0.05) is 0 Å². The van der Waals surface area contributed by atoms with E-state index >= 15 is 0 Å². The molecule has 1 rings (SSSR count). The Hall–Kier alpha value is -0.780. The van der Waals surface area contributed by atoms with Crippen LogP contribution in [0.15, 0.2) is 10.7 Å². The molecule has 0 radical (unpaired) electrons. The molecule has 0 bridgehead atoms. The zero-order valence-electron chi connectivity index (χ0n) is 6.52. The lowest BCUT2D eigenvalue weighted by molar-refractivity contribution is 0.146. The largest absolute Gasteiger partial charge is 0.495 e. The molecule has 2 nitrogen and oxygen atoms in total. The maximum absolute atomic E-state index is 12.7. The topological polar surface area (TPSA) is 22.1 Å². The predicted molar refractivity (Wildman–Crippen MR) is 43.4 cm³/mol. The van der Waals surface area contributed by atoms with Gasteiger partial charge in [0.25, 0.3) is 6.43 Å². The average Bonchev–Trinajstić information content (AvgIpc) is 2.09. The third-order valence-electron chi connectivity index (χ3n) is 1.40. The minimum atomic E-state index is -2.74. The molecule has 1 aromatic heterocycles. The van der Waals surface area contributed by atoms with E-state index in [1.807, 2.05) is 0 Å². The van der Waals surface area contributed by atoms with Gasteiger partial charge in [-0.3, -0.25) is 0 Å². The van der Waals surface area contributed by atoms with Crippen molar-refractivity contribution in [1.29, 1.82) is 0 Å². The Labute approximate surface area is 80.9 Å². The Morgan fingerprint density at radius 1 is 1.54 bits per heavy atom. The van der Waals surface area contributed by atoms with Crippen LogP contribution >= 0.6 is 15.9 Å². The first-order chi connectivity index (χ1) is 6.07. The molecule has 72 valence electrons. The number of methoxy groups -OCH3 is 1.